The second kappa shape index (κ2) is 4.29. The molecule has 4 heteroatoms. The second-order valence-electron chi connectivity index (χ2n) is 4.71. The van der Waals surface area contributed by atoms with Crippen LogP contribution >= 0.6 is 0 Å². The first-order valence-corrected chi connectivity index (χ1v) is 6.19. The molecule has 1 aliphatic carbocycles. The van der Waals surface area contributed by atoms with Gasteiger partial charge < -0.3 is 10.3 Å². The topological polar surface area (TPSA) is 56.7 Å². The Morgan fingerprint density at radius 2 is 1.89 bits per heavy atom. The van der Waals surface area contributed by atoms with Gasteiger partial charge in [0, 0.05) is 11.7 Å². The van der Waals surface area contributed by atoms with E-state index in [1.54, 1.807) is 0 Å². The van der Waals surface area contributed by atoms with Gasteiger partial charge in [-0.3, -0.25) is 0 Å². The van der Waals surface area contributed by atoms with E-state index in [1.165, 1.54) is 12.8 Å². The van der Waals surface area contributed by atoms with Gasteiger partial charge in [0.2, 0.25) is 0 Å². The smallest absolute Gasteiger partial charge is 0.156 e. The van der Waals surface area contributed by atoms with Gasteiger partial charge in [-0.1, -0.05) is 18.2 Å². The van der Waals surface area contributed by atoms with Crippen molar-refractivity contribution in [1.82, 2.24) is 14.8 Å². The number of aryl methyl sites for hydroxylation is 1. The van der Waals surface area contributed by atoms with Crippen molar-refractivity contribution in [3.63, 3.8) is 0 Å². The highest BCUT2D eigenvalue weighted by Gasteiger charge is 2.27. The Morgan fingerprint density at radius 1 is 1.17 bits per heavy atom. The fourth-order valence-corrected chi connectivity index (χ4v) is 2.06. The number of anilines is 1. The van der Waals surface area contributed by atoms with Crippen LogP contribution in [0.5, 0.6) is 0 Å². The first-order valence-electron chi connectivity index (χ1n) is 6.19. The van der Waals surface area contributed by atoms with Gasteiger partial charge in [0.1, 0.15) is 5.82 Å². The van der Waals surface area contributed by atoms with Gasteiger partial charge in [-0.25, -0.2) is 0 Å². The summed E-state index contributed by atoms with van der Waals surface area (Å²) in [5, 5.41) is 8.36. The van der Waals surface area contributed by atoms with Crippen LogP contribution in [0.25, 0.3) is 12.2 Å². The van der Waals surface area contributed by atoms with E-state index in [0.29, 0.717) is 6.04 Å². The van der Waals surface area contributed by atoms with Crippen LogP contribution in [0.3, 0.4) is 0 Å². The minimum atomic E-state index is 0.603. The summed E-state index contributed by atoms with van der Waals surface area (Å²) in [7, 11) is 0. The van der Waals surface area contributed by atoms with Crippen molar-refractivity contribution in [3.8, 4) is 0 Å². The summed E-state index contributed by atoms with van der Waals surface area (Å²) in [5.74, 6) is 1.93. The summed E-state index contributed by atoms with van der Waals surface area (Å²) >= 11 is 0. The third-order valence-corrected chi connectivity index (χ3v) is 3.17. The molecule has 0 bridgehead atoms. The van der Waals surface area contributed by atoms with Crippen molar-refractivity contribution < 1.29 is 0 Å². The fraction of sp³-hybridized carbons (Fsp3) is 0.286. The monoisotopic (exact) mass is 240 g/mol. The molecule has 92 valence electrons. The van der Waals surface area contributed by atoms with E-state index >= 15 is 0 Å². The minimum Gasteiger partial charge on any atom is -0.399 e. The van der Waals surface area contributed by atoms with E-state index in [-0.39, 0.29) is 0 Å². The van der Waals surface area contributed by atoms with Crippen LogP contribution in [-0.4, -0.2) is 14.8 Å². The van der Waals surface area contributed by atoms with Gasteiger partial charge in [-0.2, -0.15) is 0 Å². The number of rotatable bonds is 3. The Hall–Kier alpha value is -2.10. The van der Waals surface area contributed by atoms with Crippen molar-refractivity contribution in [2.45, 2.75) is 25.8 Å². The van der Waals surface area contributed by atoms with Crippen molar-refractivity contribution in [3.05, 3.63) is 41.5 Å². The van der Waals surface area contributed by atoms with Crippen LogP contribution in [-0.2, 0) is 0 Å². The first kappa shape index (κ1) is 11.0. The lowest BCUT2D eigenvalue weighted by atomic mass is 10.2. The SMILES string of the molecule is Cc1nnc(/C=C/c2ccc(N)cc2)n1C1CC1. The van der Waals surface area contributed by atoms with Crippen molar-refractivity contribution >= 4 is 17.8 Å². The molecule has 0 saturated heterocycles. The van der Waals surface area contributed by atoms with Crippen molar-refractivity contribution in [2.24, 2.45) is 0 Å². The summed E-state index contributed by atoms with van der Waals surface area (Å²) in [6.07, 6.45) is 6.54. The Kier molecular flexibility index (Phi) is 2.63. The molecular formula is C14H16N4. The molecule has 2 N–H and O–H groups in total. The fourth-order valence-electron chi connectivity index (χ4n) is 2.06. The van der Waals surface area contributed by atoms with Gasteiger partial charge in [0.05, 0.1) is 0 Å². The molecule has 1 fully saturated rings. The van der Waals surface area contributed by atoms with E-state index in [4.69, 9.17) is 5.73 Å². The lowest BCUT2D eigenvalue weighted by Gasteiger charge is -2.02. The van der Waals surface area contributed by atoms with Crippen LogP contribution in [0.2, 0.25) is 0 Å². The molecule has 18 heavy (non-hydrogen) atoms. The predicted molar refractivity (Wildman–Crippen MR) is 72.8 cm³/mol. The molecule has 1 aromatic heterocycles. The lowest BCUT2D eigenvalue weighted by molar-refractivity contribution is 0.703. The Balaban J connectivity index is 1.85. The normalized spacial score (nSPS) is 15.4. The number of hydrogen-bond donors (Lipinski definition) is 1. The van der Waals surface area contributed by atoms with E-state index in [9.17, 15) is 0 Å². The molecule has 4 nitrogen and oxygen atoms in total. The Bertz CT molecular complexity index is 576. The average molecular weight is 240 g/mol. The molecule has 2 aromatic rings. The third-order valence-electron chi connectivity index (χ3n) is 3.17. The van der Waals surface area contributed by atoms with Crippen LogP contribution in [0.4, 0.5) is 5.69 Å². The zero-order valence-corrected chi connectivity index (χ0v) is 10.4. The average Bonchev–Trinajstić information content (AvgIpc) is 3.13. The molecule has 0 radical (unpaired) electrons. The molecule has 3 rings (SSSR count). The minimum absolute atomic E-state index is 0.603. The van der Waals surface area contributed by atoms with E-state index < -0.39 is 0 Å². The zero-order chi connectivity index (χ0) is 12.5. The number of nitrogens with zero attached hydrogens (tertiary/aromatic N) is 3. The van der Waals surface area contributed by atoms with Gasteiger partial charge in [-0.15, -0.1) is 10.2 Å². The highest BCUT2D eigenvalue weighted by Crippen LogP contribution is 2.36. The van der Waals surface area contributed by atoms with Gasteiger partial charge in [0.15, 0.2) is 5.82 Å². The van der Waals surface area contributed by atoms with Gasteiger partial charge >= 0.3 is 0 Å². The number of benzene rings is 1. The summed E-state index contributed by atoms with van der Waals surface area (Å²) in [6, 6.07) is 8.39. The van der Waals surface area contributed by atoms with E-state index in [1.807, 2.05) is 43.3 Å². The molecule has 0 aliphatic heterocycles. The summed E-state index contributed by atoms with van der Waals surface area (Å²) < 4.78 is 2.22. The van der Waals surface area contributed by atoms with Crippen molar-refractivity contribution in [1.29, 1.82) is 0 Å². The maximum absolute atomic E-state index is 5.66. The maximum atomic E-state index is 5.66. The molecular weight excluding hydrogens is 224 g/mol. The van der Waals surface area contributed by atoms with Gasteiger partial charge in [0.25, 0.3) is 0 Å². The Labute approximate surface area is 106 Å². The van der Waals surface area contributed by atoms with Crippen LogP contribution in [0, 0.1) is 6.92 Å². The summed E-state index contributed by atoms with van der Waals surface area (Å²) in [6.45, 7) is 2.01. The van der Waals surface area contributed by atoms with Crippen molar-refractivity contribution in [2.75, 3.05) is 5.73 Å². The van der Waals surface area contributed by atoms with Crippen LogP contribution in [0.15, 0.2) is 24.3 Å². The lowest BCUT2D eigenvalue weighted by Crippen LogP contribution is -1.99. The number of nitrogens with two attached hydrogens (primary N) is 1. The molecule has 1 saturated carbocycles. The summed E-state index contributed by atoms with van der Waals surface area (Å²) in [4.78, 5) is 0. The van der Waals surface area contributed by atoms with E-state index in [0.717, 1.165) is 22.9 Å². The molecule has 0 atom stereocenters. The molecule has 0 amide bonds. The molecule has 1 heterocycles. The van der Waals surface area contributed by atoms with Crippen LogP contribution in [0.1, 0.15) is 36.1 Å². The predicted octanol–water partition coefficient (Wildman–Crippen LogP) is 2.67. The highest BCUT2D eigenvalue weighted by atomic mass is 15.3. The highest BCUT2D eigenvalue weighted by molar-refractivity contribution is 5.67. The maximum Gasteiger partial charge on any atom is 0.156 e. The molecule has 0 spiro atoms. The molecule has 1 aromatic carbocycles. The van der Waals surface area contributed by atoms with Gasteiger partial charge in [-0.05, 0) is 43.5 Å². The standard InChI is InChI=1S/C14H16N4/c1-10-16-17-14(18(10)13-7-8-13)9-4-11-2-5-12(15)6-3-11/h2-6,9,13H,7-8,15H2,1H3/b9-4+. The Morgan fingerprint density at radius 3 is 2.56 bits per heavy atom. The quantitative estimate of drug-likeness (QED) is 0.839. The summed E-state index contributed by atoms with van der Waals surface area (Å²) in [5.41, 5.74) is 7.56. The largest absolute Gasteiger partial charge is 0.399 e. The zero-order valence-electron chi connectivity index (χ0n) is 10.4. The number of nitrogen functional groups attached to an aromatic ring is 1. The molecule has 0 unspecified atom stereocenters. The number of hydrogen-bond acceptors (Lipinski definition) is 3. The van der Waals surface area contributed by atoms with Crippen LogP contribution < -0.4 is 5.73 Å². The molecule has 1 aliphatic rings. The van der Waals surface area contributed by atoms with E-state index in [2.05, 4.69) is 14.8 Å². The number of aromatic nitrogens is 3. The first-order chi connectivity index (χ1) is 8.74. The third kappa shape index (κ3) is 2.14. The second-order valence-corrected chi connectivity index (χ2v) is 4.71.